The third-order valence-electron chi connectivity index (χ3n) is 12.4. The van der Waals surface area contributed by atoms with Crippen LogP contribution in [0.1, 0.15) is 66.8 Å². The van der Waals surface area contributed by atoms with E-state index in [9.17, 15) is 0 Å². The van der Waals surface area contributed by atoms with Gasteiger partial charge in [-0.15, -0.1) is 0 Å². The van der Waals surface area contributed by atoms with Crippen molar-refractivity contribution >= 4 is 0 Å². The second-order valence-electron chi connectivity index (χ2n) is 18.0. The SMILES string of the molecule is Cc1ccc(O[C@H](Cc2cccc(-c3c(C)cc(C)cc3C)c2OCc2ccccc2)[C@@H](Cc2cccc(-c3c(C)cc(C)cc3C)c2OCc2ccccc2)Oc2ccc(C)cc2)cc1. The van der Waals surface area contributed by atoms with Gasteiger partial charge in [-0.1, -0.05) is 168 Å². The van der Waals surface area contributed by atoms with Crippen LogP contribution in [0, 0.1) is 55.4 Å². The largest absolute Gasteiger partial charge is 0.488 e. The van der Waals surface area contributed by atoms with Gasteiger partial charge in [-0.25, -0.2) is 0 Å². The van der Waals surface area contributed by atoms with Crippen molar-refractivity contribution in [3.05, 3.63) is 237 Å². The standard InChI is InChI=1S/C62H62O4/c1-41-25-29-53(30-26-41)65-57(37-51-21-15-23-55(59-45(5)33-43(3)34-46(59)6)61(51)63-39-49-17-11-9-12-18-49)58(66-54-31-27-42(2)28-32-54)38-52-22-16-24-56(60-47(7)35-44(4)36-48(60)8)62(52)64-40-50-19-13-10-14-20-50/h9-36,57-58H,37-40H2,1-8H3/t57-,58-/m1/s1. The predicted molar refractivity (Wildman–Crippen MR) is 272 cm³/mol. The third kappa shape index (κ3) is 11.1. The zero-order chi connectivity index (χ0) is 46.2. The summed E-state index contributed by atoms with van der Waals surface area (Å²) in [5.74, 6) is 3.25. The Morgan fingerprint density at radius 1 is 0.348 bits per heavy atom. The van der Waals surface area contributed by atoms with Gasteiger partial charge in [0, 0.05) is 24.0 Å². The maximum atomic E-state index is 7.24. The summed E-state index contributed by atoms with van der Waals surface area (Å²) in [6.45, 7) is 18.2. The third-order valence-corrected chi connectivity index (χ3v) is 12.4. The minimum absolute atomic E-state index is 0.425. The van der Waals surface area contributed by atoms with E-state index in [1.54, 1.807) is 0 Å². The topological polar surface area (TPSA) is 36.9 Å². The second-order valence-corrected chi connectivity index (χ2v) is 18.0. The van der Waals surface area contributed by atoms with Crippen LogP contribution >= 0.6 is 0 Å². The van der Waals surface area contributed by atoms with Crippen LogP contribution < -0.4 is 18.9 Å². The van der Waals surface area contributed by atoms with Crippen molar-refractivity contribution < 1.29 is 18.9 Å². The normalized spacial score (nSPS) is 12.1. The van der Waals surface area contributed by atoms with Crippen molar-refractivity contribution in [2.45, 2.75) is 93.7 Å². The molecule has 8 rings (SSSR count). The average Bonchev–Trinajstić information content (AvgIpc) is 3.29. The highest BCUT2D eigenvalue weighted by Crippen LogP contribution is 2.42. The number of para-hydroxylation sites is 2. The minimum atomic E-state index is -0.475. The Labute approximate surface area is 392 Å². The van der Waals surface area contributed by atoms with E-state index in [0.717, 1.165) is 56.4 Å². The number of rotatable bonds is 17. The molecule has 0 radical (unpaired) electrons. The smallest absolute Gasteiger partial charge is 0.140 e. The van der Waals surface area contributed by atoms with E-state index < -0.39 is 12.2 Å². The van der Waals surface area contributed by atoms with Crippen LogP contribution in [-0.4, -0.2) is 12.2 Å². The van der Waals surface area contributed by atoms with Crippen LogP contribution in [0.2, 0.25) is 0 Å². The highest BCUT2D eigenvalue weighted by atomic mass is 16.5. The van der Waals surface area contributed by atoms with Gasteiger partial charge in [-0.05, 0) is 135 Å². The van der Waals surface area contributed by atoms with Crippen LogP contribution in [0.4, 0.5) is 0 Å². The van der Waals surface area contributed by atoms with Crippen molar-refractivity contribution in [2.75, 3.05) is 0 Å². The summed E-state index contributed by atoms with van der Waals surface area (Å²) in [6, 6.07) is 59.6. The van der Waals surface area contributed by atoms with Gasteiger partial charge < -0.3 is 18.9 Å². The molecule has 0 saturated carbocycles. The fourth-order valence-corrected chi connectivity index (χ4v) is 9.41. The Hall–Kier alpha value is -7.04. The molecule has 0 unspecified atom stereocenters. The zero-order valence-electron chi connectivity index (χ0n) is 39.8. The lowest BCUT2D eigenvalue weighted by atomic mass is 9.89. The van der Waals surface area contributed by atoms with Crippen molar-refractivity contribution in [1.29, 1.82) is 0 Å². The number of hydrogen-bond acceptors (Lipinski definition) is 4. The summed E-state index contributed by atoms with van der Waals surface area (Å²) >= 11 is 0. The molecule has 0 aliphatic rings. The second kappa shape index (κ2) is 20.9. The number of ether oxygens (including phenoxy) is 4. The Bertz CT molecular complexity index is 2630. The first kappa shape index (κ1) is 45.5. The summed E-state index contributed by atoms with van der Waals surface area (Å²) in [4.78, 5) is 0. The monoisotopic (exact) mass is 870 g/mol. The van der Waals surface area contributed by atoms with E-state index in [1.807, 2.05) is 12.1 Å². The maximum absolute atomic E-state index is 7.24. The van der Waals surface area contributed by atoms with Crippen LogP contribution in [0.25, 0.3) is 22.3 Å². The van der Waals surface area contributed by atoms with Crippen molar-refractivity contribution in [1.82, 2.24) is 0 Å². The summed E-state index contributed by atoms with van der Waals surface area (Å²) in [7, 11) is 0. The van der Waals surface area contributed by atoms with Gasteiger partial charge in [0.1, 0.15) is 48.4 Å². The molecule has 0 aliphatic heterocycles. The molecule has 4 nitrogen and oxygen atoms in total. The molecule has 0 aliphatic carbocycles. The highest BCUT2D eigenvalue weighted by molar-refractivity contribution is 5.79. The van der Waals surface area contributed by atoms with Crippen LogP contribution in [0.15, 0.2) is 170 Å². The average molecular weight is 871 g/mol. The van der Waals surface area contributed by atoms with E-state index in [2.05, 4.69) is 213 Å². The fraction of sp³-hybridized carbons (Fsp3) is 0.226. The van der Waals surface area contributed by atoms with Gasteiger partial charge in [-0.2, -0.15) is 0 Å². The molecule has 0 spiro atoms. The van der Waals surface area contributed by atoms with E-state index >= 15 is 0 Å². The molecule has 0 saturated heterocycles. The van der Waals surface area contributed by atoms with E-state index in [0.29, 0.717) is 26.1 Å². The molecule has 0 fully saturated rings. The predicted octanol–water partition coefficient (Wildman–Crippen LogP) is 15.3. The lowest BCUT2D eigenvalue weighted by Gasteiger charge is -2.31. The molecule has 0 N–H and O–H groups in total. The zero-order valence-corrected chi connectivity index (χ0v) is 39.8. The lowest BCUT2D eigenvalue weighted by Crippen LogP contribution is -2.40. The van der Waals surface area contributed by atoms with E-state index in [-0.39, 0.29) is 0 Å². The fourth-order valence-electron chi connectivity index (χ4n) is 9.41. The van der Waals surface area contributed by atoms with Gasteiger partial charge in [-0.3, -0.25) is 0 Å². The molecule has 0 bridgehead atoms. The van der Waals surface area contributed by atoms with Crippen LogP contribution in [-0.2, 0) is 26.1 Å². The van der Waals surface area contributed by atoms with Crippen LogP contribution in [0.3, 0.4) is 0 Å². The van der Waals surface area contributed by atoms with Gasteiger partial charge >= 0.3 is 0 Å². The molecular weight excluding hydrogens is 809 g/mol. The molecular formula is C62H62O4. The first-order valence-corrected chi connectivity index (χ1v) is 23.2. The molecule has 8 aromatic carbocycles. The Morgan fingerprint density at radius 3 is 1.05 bits per heavy atom. The first-order chi connectivity index (χ1) is 32.0. The Balaban J connectivity index is 1.28. The molecule has 66 heavy (non-hydrogen) atoms. The molecule has 2 atom stereocenters. The Morgan fingerprint density at radius 2 is 0.697 bits per heavy atom. The Kier molecular flexibility index (Phi) is 14.4. The number of hydrogen-bond donors (Lipinski definition) is 0. The molecule has 0 amide bonds. The number of benzene rings is 8. The van der Waals surface area contributed by atoms with Crippen molar-refractivity contribution in [3.63, 3.8) is 0 Å². The molecule has 0 aromatic heterocycles. The quantitative estimate of drug-likeness (QED) is 0.0913. The highest BCUT2D eigenvalue weighted by Gasteiger charge is 2.31. The van der Waals surface area contributed by atoms with E-state index in [1.165, 1.54) is 55.6 Å². The van der Waals surface area contributed by atoms with Crippen molar-refractivity contribution in [2.24, 2.45) is 0 Å². The van der Waals surface area contributed by atoms with Crippen molar-refractivity contribution in [3.8, 4) is 45.3 Å². The van der Waals surface area contributed by atoms with Gasteiger partial charge in [0.25, 0.3) is 0 Å². The summed E-state index contributed by atoms with van der Waals surface area (Å²) in [5.41, 5.74) is 18.4. The minimum Gasteiger partial charge on any atom is -0.488 e. The summed E-state index contributed by atoms with van der Waals surface area (Å²) < 4.78 is 28.5. The lowest BCUT2D eigenvalue weighted by molar-refractivity contribution is 0.0532. The molecule has 4 heteroatoms. The van der Waals surface area contributed by atoms with Gasteiger partial charge in [0.05, 0.1) is 0 Å². The van der Waals surface area contributed by atoms with Gasteiger partial charge in [0.15, 0.2) is 0 Å². The van der Waals surface area contributed by atoms with Crippen LogP contribution in [0.5, 0.6) is 23.0 Å². The number of aryl methyl sites for hydroxylation is 8. The molecule has 334 valence electrons. The molecule has 0 heterocycles. The van der Waals surface area contributed by atoms with E-state index in [4.69, 9.17) is 18.9 Å². The van der Waals surface area contributed by atoms with Gasteiger partial charge in [0.2, 0.25) is 0 Å². The first-order valence-electron chi connectivity index (χ1n) is 23.2. The maximum Gasteiger partial charge on any atom is 0.140 e. The summed E-state index contributed by atoms with van der Waals surface area (Å²) in [6.07, 6.45) is 0.0548. The molecule has 8 aromatic rings. The summed E-state index contributed by atoms with van der Waals surface area (Å²) in [5, 5.41) is 0.